The topological polar surface area (TPSA) is 84.8 Å². The number of rotatable bonds is 6. The van der Waals surface area contributed by atoms with Crippen LogP contribution < -0.4 is 5.32 Å². The van der Waals surface area contributed by atoms with Crippen LogP contribution in [0, 0.1) is 0 Å². The maximum atomic E-state index is 12.2. The third-order valence-electron chi connectivity index (χ3n) is 3.06. The van der Waals surface area contributed by atoms with E-state index in [1.807, 2.05) is 18.2 Å². The summed E-state index contributed by atoms with van der Waals surface area (Å²) in [5, 5.41) is 12.3. The monoisotopic (exact) mass is 346 g/mol. The molecule has 0 unspecified atom stereocenters. The first-order valence-electron chi connectivity index (χ1n) is 6.92. The molecule has 23 heavy (non-hydrogen) atoms. The standard InChI is InChI=1S/C15H14N4O2S2/c20-23(21,12-6-2-1-3-7-12)11-10-17-15-19-18-14(22-15)13-8-4-5-9-16-13/h1-9H,10-11H2,(H,17,19). The van der Waals surface area contributed by atoms with Crippen molar-refractivity contribution < 1.29 is 8.42 Å². The fourth-order valence-corrected chi connectivity index (χ4v) is 3.85. The van der Waals surface area contributed by atoms with Gasteiger partial charge in [-0.3, -0.25) is 4.98 Å². The first-order chi connectivity index (χ1) is 11.1. The van der Waals surface area contributed by atoms with Crippen molar-refractivity contribution in [2.24, 2.45) is 0 Å². The molecular formula is C15H14N4O2S2. The summed E-state index contributed by atoms with van der Waals surface area (Å²) in [7, 11) is -3.29. The van der Waals surface area contributed by atoms with Gasteiger partial charge in [0.2, 0.25) is 5.13 Å². The fraction of sp³-hybridized carbons (Fsp3) is 0.133. The molecule has 0 aliphatic heterocycles. The van der Waals surface area contributed by atoms with E-state index in [4.69, 9.17) is 0 Å². The van der Waals surface area contributed by atoms with E-state index in [-0.39, 0.29) is 12.3 Å². The van der Waals surface area contributed by atoms with Crippen LogP contribution in [0.3, 0.4) is 0 Å². The van der Waals surface area contributed by atoms with E-state index in [1.165, 1.54) is 11.3 Å². The molecule has 2 heterocycles. The highest BCUT2D eigenvalue weighted by molar-refractivity contribution is 7.91. The smallest absolute Gasteiger partial charge is 0.206 e. The Labute approximate surface area is 138 Å². The van der Waals surface area contributed by atoms with Gasteiger partial charge in [-0.25, -0.2) is 8.42 Å². The summed E-state index contributed by atoms with van der Waals surface area (Å²) in [6.45, 7) is 0.272. The van der Waals surface area contributed by atoms with Gasteiger partial charge in [0.05, 0.1) is 10.6 Å². The molecule has 2 aromatic heterocycles. The second kappa shape index (κ2) is 6.84. The number of nitrogens with zero attached hydrogens (tertiary/aromatic N) is 3. The van der Waals surface area contributed by atoms with E-state index in [2.05, 4.69) is 20.5 Å². The Morgan fingerprint density at radius 2 is 1.78 bits per heavy atom. The minimum atomic E-state index is -3.29. The highest BCUT2D eigenvalue weighted by atomic mass is 32.2. The molecule has 0 fully saturated rings. The van der Waals surface area contributed by atoms with Crippen molar-refractivity contribution in [1.82, 2.24) is 15.2 Å². The Hall–Kier alpha value is -2.32. The minimum absolute atomic E-state index is 0.00445. The highest BCUT2D eigenvalue weighted by Crippen LogP contribution is 2.24. The van der Waals surface area contributed by atoms with Gasteiger partial charge < -0.3 is 5.32 Å². The van der Waals surface area contributed by atoms with E-state index in [1.54, 1.807) is 36.5 Å². The minimum Gasteiger partial charge on any atom is -0.359 e. The van der Waals surface area contributed by atoms with E-state index in [0.717, 1.165) is 5.69 Å². The van der Waals surface area contributed by atoms with Gasteiger partial charge in [0.25, 0.3) is 0 Å². The third-order valence-corrected chi connectivity index (χ3v) is 5.69. The molecule has 8 heteroatoms. The number of hydrogen-bond donors (Lipinski definition) is 1. The molecule has 118 valence electrons. The molecule has 0 bridgehead atoms. The number of nitrogens with one attached hydrogen (secondary N) is 1. The number of anilines is 1. The number of aromatic nitrogens is 3. The maximum Gasteiger partial charge on any atom is 0.206 e. The number of pyridine rings is 1. The van der Waals surface area contributed by atoms with Crippen LogP contribution >= 0.6 is 11.3 Å². The Kier molecular flexibility index (Phi) is 4.63. The van der Waals surface area contributed by atoms with Gasteiger partial charge >= 0.3 is 0 Å². The molecule has 0 aliphatic rings. The van der Waals surface area contributed by atoms with Gasteiger partial charge in [0.1, 0.15) is 5.69 Å². The highest BCUT2D eigenvalue weighted by Gasteiger charge is 2.14. The van der Waals surface area contributed by atoms with Gasteiger partial charge in [0, 0.05) is 12.7 Å². The van der Waals surface area contributed by atoms with Crippen molar-refractivity contribution in [3.05, 3.63) is 54.7 Å². The quantitative estimate of drug-likeness (QED) is 0.738. The summed E-state index contributed by atoms with van der Waals surface area (Å²) < 4.78 is 24.3. The third kappa shape index (κ3) is 3.91. The lowest BCUT2D eigenvalue weighted by molar-refractivity contribution is 0.596. The summed E-state index contributed by atoms with van der Waals surface area (Å²) in [4.78, 5) is 4.53. The van der Waals surface area contributed by atoms with E-state index in [0.29, 0.717) is 15.0 Å². The van der Waals surface area contributed by atoms with Crippen LogP contribution in [0.2, 0.25) is 0 Å². The molecule has 0 saturated heterocycles. The molecule has 0 atom stereocenters. The first-order valence-corrected chi connectivity index (χ1v) is 9.39. The second-order valence-electron chi connectivity index (χ2n) is 4.69. The van der Waals surface area contributed by atoms with Gasteiger partial charge in [-0.1, -0.05) is 35.6 Å². The second-order valence-corrected chi connectivity index (χ2v) is 7.77. The number of hydrogen-bond acceptors (Lipinski definition) is 7. The van der Waals surface area contributed by atoms with Gasteiger partial charge in [-0.15, -0.1) is 10.2 Å². The average Bonchev–Trinajstić information content (AvgIpc) is 3.05. The van der Waals surface area contributed by atoms with E-state index < -0.39 is 9.84 Å². The molecule has 0 spiro atoms. The van der Waals surface area contributed by atoms with Crippen molar-refractivity contribution in [2.45, 2.75) is 4.90 Å². The SMILES string of the molecule is O=S(=O)(CCNc1nnc(-c2ccccn2)s1)c1ccccc1. The summed E-state index contributed by atoms with van der Waals surface area (Å²) in [6.07, 6.45) is 1.69. The molecule has 1 aromatic carbocycles. The van der Waals surface area contributed by atoms with Crippen LogP contribution in [-0.2, 0) is 9.84 Å². The Morgan fingerprint density at radius 1 is 1.00 bits per heavy atom. The van der Waals surface area contributed by atoms with Crippen LogP contribution in [0.15, 0.2) is 59.6 Å². The van der Waals surface area contributed by atoms with Crippen LogP contribution in [0.5, 0.6) is 0 Å². The van der Waals surface area contributed by atoms with Crippen molar-refractivity contribution in [3.63, 3.8) is 0 Å². The zero-order valence-corrected chi connectivity index (χ0v) is 13.7. The Morgan fingerprint density at radius 3 is 2.52 bits per heavy atom. The molecule has 0 amide bonds. The van der Waals surface area contributed by atoms with Crippen molar-refractivity contribution in [3.8, 4) is 10.7 Å². The van der Waals surface area contributed by atoms with Gasteiger partial charge in [0.15, 0.2) is 14.8 Å². The lowest BCUT2D eigenvalue weighted by atomic mass is 10.4. The summed E-state index contributed by atoms with van der Waals surface area (Å²) in [5.41, 5.74) is 0.745. The molecule has 0 aliphatic carbocycles. The molecular weight excluding hydrogens is 332 g/mol. The van der Waals surface area contributed by atoms with Crippen LogP contribution in [0.4, 0.5) is 5.13 Å². The molecule has 3 aromatic rings. The zero-order chi connectivity index (χ0) is 16.1. The lowest BCUT2D eigenvalue weighted by Crippen LogP contribution is -2.15. The van der Waals surface area contributed by atoms with Gasteiger partial charge in [-0.05, 0) is 24.3 Å². The summed E-state index contributed by atoms with van der Waals surface area (Å²) >= 11 is 1.34. The molecule has 0 radical (unpaired) electrons. The predicted octanol–water partition coefficient (Wildman–Crippen LogP) is 2.49. The average molecular weight is 346 g/mol. The first kappa shape index (κ1) is 15.6. The molecule has 1 N–H and O–H groups in total. The molecule has 3 rings (SSSR count). The Balaban J connectivity index is 1.61. The van der Waals surface area contributed by atoms with Gasteiger partial charge in [-0.2, -0.15) is 0 Å². The normalized spacial score (nSPS) is 11.3. The summed E-state index contributed by atoms with van der Waals surface area (Å²) in [6, 6.07) is 14.0. The van der Waals surface area contributed by atoms with Crippen molar-refractivity contribution >= 4 is 26.3 Å². The summed E-state index contributed by atoms with van der Waals surface area (Å²) in [5.74, 6) is -0.00445. The fourth-order valence-electron chi connectivity index (χ4n) is 1.93. The Bertz CT molecular complexity index is 865. The number of benzene rings is 1. The van der Waals surface area contributed by atoms with Crippen LogP contribution in [-0.4, -0.2) is 35.9 Å². The van der Waals surface area contributed by atoms with Crippen LogP contribution in [0.25, 0.3) is 10.7 Å². The molecule has 6 nitrogen and oxygen atoms in total. The van der Waals surface area contributed by atoms with Crippen molar-refractivity contribution in [2.75, 3.05) is 17.6 Å². The molecule has 0 saturated carbocycles. The maximum absolute atomic E-state index is 12.2. The zero-order valence-electron chi connectivity index (χ0n) is 12.1. The van der Waals surface area contributed by atoms with E-state index >= 15 is 0 Å². The largest absolute Gasteiger partial charge is 0.359 e. The lowest BCUT2D eigenvalue weighted by Gasteiger charge is -2.04. The number of sulfone groups is 1. The van der Waals surface area contributed by atoms with Crippen molar-refractivity contribution in [1.29, 1.82) is 0 Å². The predicted molar refractivity (Wildman–Crippen MR) is 90.1 cm³/mol. The van der Waals surface area contributed by atoms with E-state index in [9.17, 15) is 8.42 Å². The van der Waals surface area contributed by atoms with Crippen LogP contribution in [0.1, 0.15) is 0 Å².